The minimum absolute atomic E-state index is 0.219. The van der Waals surface area contributed by atoms with Crippen LogP contribution in [0.15, 0.2) is 91.3 Å². The fourth-order valence-electron chi connectivity index (χ4n) is 2.84. The predicted molar refractivity (Wildman–Crippen MR) is 112 cm³/mol. The second-order valence-corrected chi connectivity index (χ2v) is 6.52. The molecule has 0 aliphatic carbocycles. The second-order valence-electron chi connectivity index (χ2n) is 6.52. The van der Waals surface area contributed by atoms with E-state index in [2.05, 4.69) is 15.3 Å². The third-order valence-electron chi connectivity index (χ3n) is 4.39. The summed E-state index contributed by atoms with van der Waals surface area (Å²) in [6, 6.07) is 24.2. The molecule has 0 spiro atoms. The molecule has 1 heterocycles. The predicted octanol–water partition coefficient (Wildman–Crippen LogP) is 5.01. The molecule has 0 aliphatic rings. The van der Waals surface area contributed by atoms with Crippen molar-refractivity contribution in [1.82, 2.24) is 15.3 Å². The van der Waals surface area contributed by atoms with Gasteiger partial charge in [-0.2, -0.15) is 0 Å². The van der Waals surface area contributed by atoms with Crippen LogP contribution < -0.4 is 10.1 Å². The number of benzene rings is 3. The Kier molecular flexibility index (Phi) is 5.75. The first-order valence-corrected chi connectivity index (χ1v) is 9.35. The number of amides is 1. The zero-order chi connectivity index (χ0) is 20.8. The maximum atomic E-state index is 13.1. The highest BCUT2D eigenvalue weighted by molar-refractivity contribution is 5.94. The van der Waals surface area contributed by atoms with Gasteiger partial charge in [-0.1, -0.05) is 18.2 Å². The topological polar surface area (TPSA) is 64.1 Å². The van der Waals surface area contributed by atoms with Crippen molar-refractivity contribution in [2.45, 2.75) is 6.54 Å². The van der Waals surface area contributed by atoms with E-state index in [9.17, 15) is 9.18 Å². The van der Waals surface area contributed by atoms with Crippen molar-refractivity contribution in [3.05, 3.63) is 108 Å². The van der Waals surface area contributed by atoms with Gasteiger partial charge in [0.1, 0.15) is 23.6 Å². The summed E-state index contributed by atoms with van der Waals surface area (Å²) < 4.78 is 18.8. The van der Waals surface area contributed by atoms with E-state index in [0.29, 0.717) is 22.7 Å². The molecule has 1 aromatic heterocycles. The number of para-hydroxylation sites is 1. The summed E-state index contributed by atoms with van der Waals surface area (Å²) in [4.78, 5) is 20.8. The van der Waals surface area contributed by atoms with Crippen molar-refractivity contribution >= 4 is 5.91 Å². The first-order valence-electron chi connectivity index (χ1n) is 9.35. The van der Waals surface area contributed by atoms with Gasteiger partial charge in [0.25, 0.3) is 5.91 Å². The molecule has 0 unspecified atom stereocenters. The van der Waals surface area contributed by atoms with Crippen LogP contribution in [0.4, 0.5) is 4.39 Å². The standard InChI is InChI=1S/C24H18FN3O2/c25-19-10-6-17(7-11-19)23-14-20(27-16-28-23)15-26-24(29)18-8-12-22(13-9-18)30-21-4-2-1-3-5-21/h1-14,16H,15H2,(H,26,29). The Morgan fingerprint density at radius 2 is 1.57 bits per heavy atom. The fraction of sp³-hybridized carbons (Fsp3) is 0.0417. The van der Waals surface area contributed by atoms with Crippen molar-refractivity contribution in [3.63, 3.8) is 0 Å². The molecule has 0 bridgehead atoms. The minimum atomic E-state index is -0.305. The summed E-state index contributed by atoms with van der Waals surface area (Å²) in [6.07, 6.45) is 1.43. The van der Waals surface area contributed by atoms with Crippen molar-refractivity contribution in [2.75, 3.05) is 0 Å². The molecule has 5 nitrogen and oxygen atoms in total. The van der Waals surface area contributed by atoms with Crippen LogP contribution in [-0.4, -0.2) is 15.9 Å². The summed E-state index contributed by atoms with van der Waals surface area (Å²) in [5, 5.41) is 2.84. The van der Waals surface area contributed by atoms with Crippen LogP contribution in [0.5, 0.6) is 11.5 Å². The number of nitrogens with one attached hydrogen (secondary N) is 1. The molecule has 0 atom stereocenters. The Hall–Kier alpha value is -4.06. The summed E-state index contributed by atoms with van der Waals surface area (Å²) in [7, 11) is 0. The highest BCUT2D eigenvalue weighted by Crippen LogP contribution is 2.21. The Morgan fingerprint density at radius 1 is 0.867 bits per heavy atom. The van der Waals surface area contributed by atoms with Crippen molar-refractivity contribution in [2.24, 2.45) is 0 Å². The minimum Gasteiger partial charge on any atom is -0.457 e. The van der Waals surface area contributed by atoms with Crippen molar-refractivity contribution in [3.8, 4) is 22.8 Å². The highest BCUT2D eigenvalue weighted by Gasteiger charge is 2.08. The number of hydrogen-bond donors (Lipinski definition) is 1. The van der Waals surface area contributed by atoms with Crippen LogP contribution in [0, 0.1) is 5.82 Å². The van der Waals surface area contributed by atoms with Gasteiger partial charge in [-0.05, 0) is 66.7 Å². The maximum absolute atomic E-state index is 13.1. The molecule has 0 radical (unpaired) electrons. The number of rotatable bonds is 6. The van der Waals surface area contributed by atoms with Gasteiger partial charge in [-0.15, -0.1) is 0 Å². The van der Waals surface area contributed by atoms with Gasteiger partial charge >= 0.3 is 0 Å². The molecule has 0 aliphatic heterocycles. The molecule has 4 aromatic rings. The van der Waals surface area contributed by atoms with E-state index in [-0.39, 0.29) is 18.3 Å². The Balaban J connectivity index is 1.37. The van der Waals surface area contributed by atoms with E-state index in [4.69, 9.17) is 4.74 Å². The smallest absolute Gasteiger partial charge is 0.251 e. The number of ether oxygens (including phenoxy) is 1. The summed E-state index contributed by atoms with van der Waals surface area (Å²) in [5.41, 5.74) is 2.61. The Morgan fingerprint density at radius 3 is 2.30 bits per heavy atom. The molecule has 30 heavy (non-hydrogen) atoms. The van der Waals surface area contributed by atoms with Crippen LogP contribution in [0.3, 0.4) is 0 Å². The molecule has 3 aromatic carbocycles. The van der Waals surface area contributed by atoms with E-state index < -0.39 is 0 Å². The quantitative estimate of drug-likeness (QED) is 0.495. The number of carbonyl (C=O) groups is 1. The fourth-order valence-corrected chi connectivity index (χ4v) is 2.84. The van der Waals surface area contributed by atoms with Crippen LogP contribution in [0.1, 0.15) is 16.1 Å². The van der Waals surface area contributed by atoms with Gasteiger partial charge in [0.15, 0.2) is 0 Å². The number of halogens is 1. The van der Waals surface area contributed by atoms with Gasteiger partial charge in [0, 0.05) is 11.1 Å². The lowest BCUT2D eigenvalue weighted by Gasteiger charge is -2.08. The SMILES string of the molecule is O=C(NCc1cc(-c2ccc(F)cc2)ncn1)c1ccc(Oc2ccccc2)cc1. The number of hydrogen-bond acceptors (Lipinski definition) is 4. The molecule has 4 rings (SSSR count). The third kappa shape index (κ3) is 4.86. The largest absolute Gasteiger partial charge is 0.457 e. The van der Waals surface area contributed by atoms with Gasteiger partial charge in [-0.3, -0.25) is 4.79 Å². The Bertz CT molecular complexity index is 1130. The second kappa shape index (κ2) is 8.96. The van der Waals surface area contributed by atoms with E-state index in [1.54, 1.807) is 42.5 Å². The van der Waals surface area contributed by atoms with E-state index in [1.165, 1.54) is 18.5 Å². The maximum Gasteiger partial charge on any atom is 0.251 e. The van der Waals surface area contributed by atoms with Crippen molar-refractivity contribution in [1.29, 1.82) is 0 Å². The van der Waals surface area contributed by atoms with Gasteiger partial charge in [0.2, 0.25) is 0 Å². The van der Waals surface area contributed by atoms with Crippen LogP contribution in [-0.2, 0) is 6.54 Å². The molecule has 1 amide bonds. The average molecular weight is 399 g/mol. The molecule has 6 heteroatoms. The first-order chi connectivity index (χ1) is 14.7. The molecule has 0 saturated heterocycles. The lowest BCUT2D eigenvalue weighted by atomic mass is 10.1. The molecular weight excluding hydrogens is 381 g/mol. The molecule has 0 saturated carbocycles. The molecular formula is C24H18FN3O2. The molecule has 148 valence electrons. The number of aromatic nitrogens is 2. The van der Waals surface area contributed by atoms with E-state index in [0.717, 1.165) is 11.3 Å². The monoisotopic (exact) mass is 399 g/mol. The summed E-state index contributed by atoms with van der Waals surface area (Å²) in [5.74, 6) is 0.858. The van der Waals surface area contributed by atoms with Gasteiger partial charge in [-0.25, -0.2) is 14.4 Å². The summed E-state index contributed by atoms with van der Waals surface area (Å²) in [6.45, 7) is 0.248. The first kappa shape index (κ1) is 19.3. The third-order valence-corrected chi connectivity index (χ3v) is 4.39. The van der Waals surface area contributed by atoms with Crippen LogP contribution >= 0.6 is 0 Å². The Labute approximate surface area is 173 Å². The van der Waals surface area contributed by atoms with Crippen LogP contribution in [0.25, 0.3) is 11.3 Å². The van der Waals surface area contributed by atoms with E-state index >= 15 is 0 Å². The zero-order valence-corrected chi connectivity index (χ0v) is 16.0. The van der Waals surface area contributed by atoms with Gasteiger partial charge < -0.3 is 10.1 Å². The molecule has 1 N–H and O–H groups in total. The lowest BCUT2D eigenvalue weighted by molar-refractivity contribution is 0.0950. The molecule has 0 fully saturated rings. The number of nitrogens with zero attached hydrogens (tertiary/aromatic N) is 2. The zero-order valence-electron chi connectivity index (χ0n) is 16.0. The summed E-state index contributed by atoms with van der Waals surface area (Å²) >= 11 is 0. The lowest BCUT2D eigenvalue weighted by Crippen LogP contribution is -2.23. The normalized spacial score (nSPS) is 10.4. The van der Waals surface area contributed by atoms with Crippen LogP contribution in [0.2, 0.25) is 0 Å². The van der Waals surface area contributed by atoms with Crippen molar-refractivity contribution < 1.29 is 13.9 Å². The number of carbonyl (C=O) groups excluding carboxylic acids is 1. The van der Waals surface area contributed by atoms with E-state index in [1.807, 2.05) is 30.3 Å². The van der Waals surface area contributed by atoms with Gasteiger partial charge in [0.05, 0.1) is 17.9 Å². The highest BCUT2D eigenvalue weighted by atomic mass is 19.1. The average Bonchev–Trinajstić information content (AvgIpc) is 2.79.